The lowest BCUT2D eigenvalue weighted by Gasteiger charge is -2.22. The monoisotopic (exact) mass is 359 g/mol. The Morgan fingerprint density at radius 2 is 1.88 bits per heavy atom. The lowest BCUT2D eigenvalue weighted by molar-refractivity contribution is -0.135. The van der Waals surface area contributed by atoms with Crippen LogP contribution in [0.15, 0.2) is 24.3 Å². The summed E-state index contributed by atoms with van der Waals surface area (Å²) in [5, 5.41) is 0.638. The van der Waals surface area contributed by atoms with Crippen molar-refractivity contribution < 1.29 is 18.7 Å². The van der Waals surface area contributed by atoms with E-state index in [1.807, 2.05) is 0 Å². The van der Waals surface area contributed by atoms with E-state index in [4.69, 9.17) is 4.74 Å². The number of nitrogens with zero attached hydrogens (tertiary/aromatic N) is 3. The van der Waals surface area contributed by atoms with Crippen LogP contribution in [0, 0.1) is 12.7 Å². The Hall–Kier alpha value is -2.54. The van der Waals surface area contributed by atoms with Crippen molar-refractivity contribution in [3.05, 3.63) is 41.3 Å². The molecule has 0 saturated carbocycles. The van der Waals surface area contributed by atoms with E-state index in [0.717, 1.165) is 0 Å². The van der Waals surface area contributed by atoms with E-state index in [-0.39, 0.29) is 24.2 Å². The molecule has 1 fully saturated rings. The number of carbonyl (C=O) groups is 2. The predicted octanol–water partition coefficient (Wildman–Crippen LogP) is 2.00. The highest BCUT2D eigenvalue weighted by Gasteiger charge is 2.24. The van der Waals surface area contributed by atoms with Crippen LogP contribution in [0.4, 0.5) is 4.39 Å². The van der Waals surface area contributed by atoms with Gasteiger partial charge in [-0.2, -0.15) is 0 Å². The largest absolute Gasteiger partial charge is 0.375 e. The van der Waals surface area contributed by atoms with Crippen molar-refractivity contribution in [3.8, 4) is 0 Å². The molecule has 3 rings (SSSR count). The second-order valence-electron chi connectivity index (χ2n) is 6.43. The summed E-state index contributed by atoms with van der Waals surface area (Å²) >= 11 is 0. The number of methoxy groups -OCH3 is 1. The van der Waals surface area contributed by atoms with Crippen LogP contribution < -0.4 is 0 Å². The van der Waals surface area contributed by atoms with Gasteiger partial charge in [-0.15, -0.1) is 0 Å². The van der Waals surface area contributed by atoms with Crippen LogP contribution in [0.25, 0.3) is 10.9 Å². The number of halogens is 1. The summed E-state index contributed by atoms with van der Waals surface area (Å²) in [5.41, 5.74) is 1.66. The third-order valence-corrected chi connectivity index (χ3v) is 4.53. The topological polar surface area (TPSA) is 62.7 Å². The Morgan fingerprint density at radius 1 is 1.15 bits per heavy atom. The number of carbonyl (C=O) groups excluding carboxylic acids is 2. The van der Waals surface area contributed by atoms with Gasteiger partial charge in [-0.1, -0.05) is 0 Å². The van der Waals surface area contributed by atoms with Crippen molar-refractivity contribution in [2.24, 2.45) is 0 Å². The molecular formula is C19H22FN3O3. The fourth-order valence-corrected chi connectivity index (χ4v) is 3.27. The van der Waals surface area contributed by atoms with E-state index >= 15 is 0 Å². The molecule has 0 radical (unpaired) electrons. The molecule has 0 bridgehead atoms. The molecule has 0 atom stereocenters. The van der Waals surface area contributed by atoms with Gasteiger partial charge in [0.05, 0.1) is 11.1 Å². The van der Waals surface area contributed by atoms with E-state index in [2.05, 4.69) is 4.98 Å². The van der Waals surface area contributed by atoms with Crippen LogP contribution in [0.1, 0.15) is 22.5 Å². The first-order chi connectivity index (χ1) is 12.5. The molecule has 6 nitrogen and oxygen atoms in total. The van der Waals surface area contributed by atoms with Crippen LogP contribution in [0.2, 0.25) is 0 Å². The number of hydrogen-bond acceptors (Lipinski definition) is 4. The summed E-state index contributed by atoms with van der Waals surface area (Å²) in [6.45, 7) is 3.94. The number of benzene rings is 1. The van der Waals surface area contributed by atoms with Crippen molar-refractivity contribution in [1.29, 1.82) is 0 Å². The van der Waals surface area contributed by atoms with Crippen molar-refractivity contribution in [2.75, 3.05) is 39.9 Å². The third-order valence-electron chi connectivity index (χ3n) is 4.53. The zero-order valence-electron chi connectivity index (χ0n) is 15.0. The third kappa shape index (κ3) is 3.83. The lowest BCUT2D eigenvalue weighted by Crippen LogP contribution is -2.38. The van der Waals surface area contributed by atoms with Gasteiger partial charge in [0.2, 0.25) is 5.91 Å². The highest BCUT2D eigenvalue weighted by molar-refractivity contribution is 6.06. The minimum atomic E-state index is -0.379. The van der Waals surface area contributed by atoms with Gasteiger partial charge in [0.15, 0.2) is 0 Å². The highest BCUT2D eigenvalue weighted by Crippen LogP contribution is 2.22. The first-order valence-electron chi connectivity index (χ1n) is 8.62. The maximum atomic E-state index is 13.5. The molecule has 1 aromatic carbocycles. The van der Waals surface area contributed by atoms with E-state index in [0.29, 0.717) is 54.8 Å². The Morgan fingerprint density at radius 3 is 2.65 bits per heavy atom. The highest BCUT2D eigenvalue weighted by atomic mass is 19.1. The Labute approximate surface area is 151 Å². The average molecular weight is 359 g/mol. The molecule has 1 aliphatic heterocycles. The zero-order valence-corrected chi connectivity index (χ0v) is 15.0. The van der Waals surface area contributed by atoms with Gasteiger partial charge in [-0.05, 0) is 31.5 Å². The number of amides is 2. The van der Waals surface area contributed by atoms with Crippen LogP contribution in [-0.2, 0) is 9.53 Å². The van der Waals surface area contributed by atoms with Gasteiger partial charge in [0.25, 0.3) is 5.91 Å². The van der Waals surface area contributed by atoms with E-state index in [9.17, 15) is 14.0 Å². The minimum Gasteiger partial charge on any atom is -0.375 e. The fourth-order valence-electron chi connectivity index (χ4n) is 3.27. The normalized spacial score (nSPS) is 15.2. The molecule has 0 spiro atoms. The second-order valence-corrected chi connectivity index (χ2v) is 6.43. The molecule has 2 aromatic rings. The Kier molecular flexibility index (Phi) is 5.46. The van der Waals surface area contributed by atoms with Gasteiger partial charge in [-0.3, -0.25) is 14.6 Å². The Balaban J connectivity index is 1.83. The number of ether oxygens (including phenoxy) is 1. The number of aromatic nitrogens is 1. The molecule has 0 N–H and O–H groups in total. The quantitative estimate of drug-likeness (QED) is 0.841. The number of aryl methyl sites for hydroxylation is 1. The van der Waals surface area contributed by atoms with E-state index in [1.165, 1.54) is 19.2 Å². The smallest absolute Gasteiger partial charge is 0.254 e. The maximum absolute atomic E-state index is 13.5. The molecule has 1 saturated heterocycles. The number of pyridine rings is 1. The van der Waals surface area contributed by atoms with Gasteiger partial charge in [0.1, 0.15) is 12.4 Å². The summed E-state index contributed by atoms with van der Waals surface area (Å²) < 4.78 is 18.4. The molecule has 2 amide bonds. The molecule has 26 heavy (non-hydrogen) atoms. The zero-order chi connectivity index (χ0) is 18.7. The van der Waals surface area contributed by atoms with E-state index in [1.54, 1.807) is 28.9 Å². The minimum absolute atomic E-state index is 0.0493. The van der Waals surface area contributed by atoms with Crippen LogP contribution in [-0.4, -0.2) is 66.5 Å². The van der Waals surface area contributed by atoms with Crippen LogP contribution in [0.5, 0.6) is 0 Å². The summed E-state index contributed by atoms with van der Waals surface area (Å²) in [6.07, 6.45) is 0.706. The molecule has 0 unspecified atom stereocenters. The molecule has 1 aliphatic rings. The average Bonchev–Trinajstić information content (AvgIpc) is 2.86. The standard InChI is InChI=1S/C19H22FN3O3/c1-13-10-16(15-5-4-14(20)11-17(15)21-13)19(25)23-7-3-6-22(8-9-23)18(24)12-26-2/h4-5,10-11H,3,6-9,12H2,1-2H3. The molecule has 0 aliphatic carbocycles. The van der Waals surface area contributed by atoms with Gasteiger partial charge >= 0.3 is 0 Å². The summed E-state index contributed by atoms with van der Waals surface area (Å²) in [6, 6.07) is 6.01. The maximum Gasteiger partial charge on any atom is 0.254 e. The fraction of sp³-hybridized carbons (Fsp3) is 0.421. The SMILES string of the molecule is COCC(=O)N1CCCN(C(=O)c2cc(C)nc3cc(F)ccc23)CC1. The molecule has 7 heteroatoms. The predicted molar refractivity (Wildman–Crippen MR) is 95.4 cm³/mol. The first-order valence-corrected chi connectivity index (χ1v) is 8.62. The summed E-state index contributed by atoms with van der Waals surface area (Å²) in [4.78, 5) is 32.9. The van der Waals surface area contributed by atoms with Gasteiger partial charge in [-0.25, -0.2) is 4.39 Å². The molecular weight excluding hydrogens is 337 g/mol. The second kappa shape index (κ2) is 7.78. The van der Waals surface area contributed by atoms with Crippen molar-refractivity contribution in [3.63, 3.8) is 0 Å². The van der Waals surface area contributed by atoms with Crippen LogP contribution in [0.3, 0.4) is 0 Å². The number of rotatable bonds is 3. The first kappa shape index (κ1) is 18.3. The van der Waals surface area contributed by atoms with Gasteiger partial charge in [0, 0.05) is 50.4 Å². The summed E-state index contributed by atoms with van der Waals surface area (Å²) in [5.74, 6) is -0.563. The van der Waals surface area contributed by atoms with Gasteiger partial charge < -0.3 is 14.5 Å². The van der Waals surface area contributed by atoms with Crippen LogP contribution >= 0.6 is 0 Å². The summed E-state index contributed by atoms with van der Waals surface area (Å²) in [7, 11) is 1.49. The number of fused-ring (bicyclic) bond motifs is 1. The van der Waals surface area contributed by atoms with Crippen molar-refractivity contribution in [2.45, 2.75) is 13.3 Å². The molecule has 138 valence electrons. The lowest BCUT2D eigenvalue weighted by atomic mass is 10.1. The Bertz CT molecular complexity index is 835. The molecule has 2 heterocycles. The molecule has 1 aromatic heterocycles. The van der Waals surface area contributed by atoms with Crippen molar-refractivity contribution in [1.82, 2.24) is 14.8 Å². The van der Waals surface area contributed by atoms with Crippen molar-refractivity contribution >= 4 is 22.7 Å². The van der Waals surface area contributed by atoms with E-state index < -0.39 is 0 Å². The number of hydrogen-bond donors (Lipinski definition) is 0.